The SMILES string of the molecule is O=c1ccn([C@@H]2O[C@H](COP(=O)(O)OP(=O)(O)OP(=O)(O)O)[C@H](O)[C@@H]2O)c(=O)n1Cc1ccc(-c2ccccc2)s1. The maximum atomic E-state index is 13.2. The number of aliphatic hydroxyl groups is 2. The molecule has 224 valence electrons. The predicted octanol–water partition coefficient (Wildman–Crippen LogP) is 0.749. The highest BCUT2D eigenvalue weighted by Crippen LogP contribution is 2.66. The summed E-state index contributed by atoms with van der Waals surface area (Å²) in [6.07, 6.45) is -5.82. The van der Waals surface area contributed by atoms with Crippen molar-refractivity contribution in [2.45, 2.75) is 31.1 Å². The molecule has 1 fully saturated rings. The Morgan fingerprint density at radius 2 is 1.56 bits per heavy atom. The normalized spacial score (nSPS) is 24.1. The van der Waals surface area contributed by atoms with Gasteiger partial charge in [0.05, 0.1) is 13.2 Å². The van der Waals surface area contributed by atoms with E-state index in [-0.39, 0.29) is 6.54 Å². The molecule has 2 aromatic heterocycles. The Balaban J connectivity index is 1.48. The van der Waals surface area contributed by atoms with E-state index in [1.165, 1.54) is 11.3 Å². The molecule has 1 aliphatic heterocycles. The molecule has 2 unspecified atom stereocenters. The molecule has 4 rings (SSSR count). The molecule has 6 N–H and O–H groups in total. The minimum Gasteiger partial charge on any atom is -0.387 e. The van der Waals surface area contributed by atoms with Crippen molar-refractivity contribution >= 4 is 34.8 Å². The Hall–Kier alpha value is -2.11. The third-order valence-electron chi connectivity index (χ3n) is 5.56. The van der Waals surface area contributed by atoms with Gasteiger partial charge in [-0.25, -0.2) is 18.5 Å². The first-order valence-corrected chi connectivity index (χ1v) is 16.6. The van der Waals surface area contributed by atoms with Crippen molar-refractivity contribution in [2.75, 3.05) is 6.61 Å². The molecule has 21 heteroatoms. The zero-order valence-electron chi connectivity index (χ0n) is 20.4. The van der Waals surface area contributed by atoms with E-state index in [9.17, 15) is 43.3 Å². The number of aromatic nitrogens is 2. The molecule has 0 amide bonds. The first kappa shape index (κ1) is 31.8. The average Bonchev–Trinajstić information content (AvgIpc) is 3.44. The first-order chi connectivity index (χ1) is 19.1. The Labute approximate surface area is 233 Å². The summed E-state index contributed by atoms with van der Waals surface area (Å²) in [6, 6.07) is 14.0. The number of hydrogen-bond donors (Lipinski definition) is 6. The van der Waals surface area contributed by atoms with E-state index in [4.69, 9.17) is 14.5 Å². The molecule has 17 nitrogen and oxygen atoms in total. The number of rotatable bonds is 11. The molecule has 6 atom stereocenters. The summed E-state index contributed by atoms with van der Waals surface area (Å²) < 4.78 is 52.9. The van der Waals surface area contributed by atoms with E-state index in [1.54, 1.807) is 6.07 Å². The maximum Gasteiger partial charge on any atom is 0.490 e. The van der Waals surface area contributed by atoms with Crippen molar-refractivity contribution in [3.63, 3.8) is 0 Å². The number of benzene rings is 1. The Morgan fingerprint density at radius 1 is 0.878 bits per heavy atom. The van der Waals surface area contributed by atoms with Crippen LogP contribution in [0.1, 0.15) is 11.1 Å². The number of ether oxygens (including phenoxy) is 1. The van der Waals surface area contributed by atoms with Crippen molar-refractivity contribution in [1.29, 1.82) is 0 Å². The van der Waals surface area contributed by atoms with Crippen LogP contribution in [-0.4, -0.2) is 63.8 Å². The van der Waals surface area contributed by atoms with Gasteiger partial charge in [-0.15, -0.1) is 11.3 Å². The lowest BCUT2D eigenvalue weighted by molar-refractivity contribution is -0.0547. The van der Waals surface area contributed by atoms with Gasteiger partial charge in [0.15, 0.2) is 6.23 Å². The molecular formula is C20H23N2O15P3S. The highest BCUT2D eigenvalue weighted by atomic mass is 32.1. The summed E-state index contributed by atoms with van der Waals surface area (Å²) in [6.45, 7) is -1.18. The number of nitrogens with zero attached hydrogens (tertiary/aromatic N) is 2. The summed E-state index contributed by atoms with van der Waals surface area (Å²) in [5.41, 5.74) is -0.615. The van der Waals surface area contributed by atoms with E-state index in [0.717, 1.165) is 31.8 Å². The lowest BCUT2D eigenvalue weighted by Crippen LogP contribution is -2.43. The van der Waals surface area contributed by atoms with Crippen LogP contribution in [0.2, 0.25) is 0 Å². The number of aliphatic hydroxyl groups excluding tert-OH is 2. The van der Waals surface area contributed by atoms with Crippen LogP contribution in [0.4, 0.5) is 0 Å². The van der Waals surface area contributed by atoms with Crippen LogP contribution in [0.5, 0.6) is 0 Å². The summed E-state index contributed by atoms with van der Waals surface area (Å²) in [7, 11) is -16.9. The van der Waals surface area contributed by atoms with Gasteiger partial charge < -0.3 is 34.5 Å². The second-order valence-corrected chi connectivity index (χ2v) is 14.1. The van der Waals surface area contributed by atoms with Gasteiger partial charge in [-0.3, -0.25) is 18.5 Å². The summed E-state index contributed by atoms with van der Waals surface area (Å²) >= 11 is 1.36. The van der Waals surface area contributed by atoms with Crippen molar-refractivity contribution < 1.29 is 61.4 Å². The zero-order chi connectivity index (χ0) is 30.2. The largest absolute Gasteiger partial charge is 0.490 e. The number of hydrogen-bond acceptors (Lipinski definition) is 12. The van der Waals surface area contributed by atoms with Crippen molar-refractivity contribution in [2.24, 2.45) is 0 Å². The standard InChI is InChI=1S/C20H23N2O15P3S/c23-16-8-9-21(20(26)22(16)10-13-6-7-15(41-13)12-4-2-1-3-5-12)19-18(25)17(24)14(35-19)11-34-39(30,31)37-40(32,33)36-38(27,28)29/h1-9,14,17-19,24-25H,10-11H2,(H,30,31)(H,32,33)(H2,27,28,29)/t14-,17+,18+,19-/m1/s1. The highest BCUT2D eigenvalue weighted by molar-refractivity contribution is 7.66. The lowest BCUT2D eigenvalue weighted by Gasteiger charge is -2.19. The highest BCUT2D eigenvalue weighted by Gasteiger charge is 2.47. The van der Waals surface area contributed by atoms with E-state index in [0.29, 0.717) is 4.88 Å². The van der Waals surface area contributed by atoms with Gasteiger partial charge in [0, 0.05) is 22.0 Å². The van der Waals surface area contributed by atoms with Gasteiger partial charge in [-0.1, -0.05) is 30.3 Å². The second kappa shape index (κ2) is 12.2. The molecule has 0 saturated carbocycles. The van der Waals surface area contributed by atoms with Crippen LogP contribution in [-0.2, 0) is 38.1 Å². The molecule has 1 aliphatic rings. The molecule has 1 aromatic carbocycles. The molecule has 41 heavy (non-hydrogen) atoms. The van der Waals surface area contributed by atoms with Gasteiger partial charge in [0.2, 0.25) is 0 Å². The van der Waals surface area contributed by atoms with Gasteiger partial charge >= 0.3 is 29.2 Å². The third kappa shape index (κ3) is 8.04. The number of phosphoric acid groups is 3. The molecular weight excluding hydrogens is 633 g/mol. The van der Waals surface area contributed by atoms with E-state index in [2.05, 4.69) is 13.1 Å². The van der Waals surface area contributed by atoms with Crippen molar-refractivity contribution in [3.05, 3.63) is 80.4 Å². The minimum absolute atomic E-state index is 0.114. The minimum atomic E-state index is -5.78. The van der Waals surface area contributed by atoms with Gasteiger partial charge in [-0.05, 0) is 17.7 Å². The van der Waals surface area contributed by atoms with Gasteiger partial charge in [0.25, 0.3) is 5.56 Å². The Kier molecular flexibility index (Phi) is 9.50. The number of thiophene rings is 1. The third-order valence-corrected chi connectivity index (χ3v) is 10.5. The Morgan fingerprint density at radius 3 is 2.22 bits per heavy atom. The maximum absolute atomic E-state index is 13.2. The average molecular weight is 656 g/mol. The fourth-order valence-electron chi connectivity index (χ4n) is 3.81. The monoisotopic (exact) mass is 656 g/mol. The summed E-state index contributed by atoms with van der Waals surface area (Å²) in [5, 5.41) is 20.9. The molecule has 0 bridgehead atoms. The van der Waals surface area contributed by atoms with Crippen LogP contribution < -0.4 is 11.2 Å². The second-order valence-electron chi connectivity index (χ2n) is 8.49. The van der Waals surface area contributed by atoms with Crippen LogP contribution >= 0.6 is 34.8 Å². The zero-order valence-corrected chi connectivity index (χ0v) is 23.9. The fourth-order valence-corrected chi connectivity index (χ4v) is 7.85. The molecule has 3 aromatic rings. The van der Waals surface area contributed by atoms with Crippen LogP contribution in [0.25, 0.3) is 10.4 Å². The molecule has 0 spiro atoms. The molecule has 0 radical (unpaired) electrons. The molecule has 3 heterocycles. The van der Waals surface area contributed by atoms with E-state index in [1.807, 2.05) is 36.4 Å². The van der Waals surface area contributed by atoms with Crippen LogP contribution in [0, 0.1) is 0 Å². The van der Waals surface area contributed by atoms with Crippen LogP contribution in [0.15, 0.2) is 64.3 Å². The van der Waals surface area contributed by atoms with Crippen LogP contribution in [0.3, 0.4) is 0 Å². The summed E-state index contributed by atoms with van der Waals surface area (Å²) in [5.74, 6) is 0. The summed E-state index contributed by atoms with van der Waals surface area (Å²) in [4.78, 5) is 63.3. The first-order valence-electron chi connectivity index (χ1n) is 11.3. The predicted molar refractivity (Wildman–Crippen MR) is 140 cm³/mol. The molecule has 1 saturated heterocycles. The molecule has 0 aliphatic carbocycles. The van der Waals surface area contributed by atoms with E-state index < -0.39 is 65.9 Å². The fraction of sp³-hybridized carbons (Fsp3) is 0.300. The topological polar surface area (TPSA) is 254 Å². The van der Waals surface area contributed by atoms with Gasteiger partial charge in [0.1, 0.15) is 18.3 Å². The lowest BCUT2D eigenvalue weighted by atomic mass is 10.1. The smallest absolute Gasteiger partial charge is 0.387 e. The van der Waals surface area contributed by atoms with E-state index >= 15 is 0 Å². The van der Waals surface area contributed by atoms with Crippen molar-refractivity contribution in [1.82, 2.24) is 9.13 Å². The van der Waals surface area contributed by atoms with Gasteiger partial charge in [-0.2, -0.15) is 8.62 Å². The quantitative estimate of drug-likeness (QED) is 0.156. The van der Waals surface area contributed by atoms with Crippen molar-refractivity contribution in [3.8, 4) is 10.4 Å². The number of phosphoric ester groups is 1. The Bertz CT molecular complexity index is 1650.